The average molecular weight is 610 g/mol. The molecule has 0 aliphatic rings. The van der Waals surface area contributed by atoms with E-state index in [1.165, 1.54) is 12.9 Å². The third-order valence-corrected chi connectivity index (χ3v) is 4.31. The number of rotatable bonds is 5. The summed E-state index contributed by atoms with van der Waals surface area (Å²) in [6.07, 6.45) is 0. The molecule has 8 heteroatoms. The topological polar surface area (TPSA) is 93.1 Å². The molecule has 34 heavy (non-hydrogen) atoms. The first-order chi connectivity index (χ1) is 15.6. The van der Waals surface area contributed by atoms with Crippen molar-refractivity contribution < 1.29 is 94.7 Å². The van der Waals surface area contributed by atoms with Crippen LogP contribution in [0.15, 0.2) is 72.8 Å². The van der Waals surface area contributed by atoms with Crippen molar-refractivity contribution >= 4 is 34.5 Å². The SMILES string of the molecule is CCO.CCO.O=[C-]Oc1ccc2c(-c3cccc4ccc(O[C-]=O)cc34)cccc2c1.[Y].[Y]. The number of fused-ring (bicyclic) bond motifs is 2. The second-order valence-corrected chi connectivity index (χ2v) is 6.38. The van der Waals surface area contributed by atoms with Gasteiger partial charge in [-0.05, 0) is 58.0 Å². The average Bonchev–Trinajstić information content (AvgIpc) is 2.80. The van der Waals surface area contributed by atoms with Gasteiger partial charge in [-0.15, -0.1) is 12.1 Å². The zero-order valence-electron chi connectivity index (χ0n) is 19.0. The minimum absolute atomic E-state index is 0. The van der Waals surface area contributed by atoms with Crippen molar-refractivity contribution in [3.8, 4) is 22.6 Å². The molecule has 0 bridgehead atoms. The molecule has 0 unspecified atom stereocenters. The minimum Gasteiger partial charge on any atom is -0.610 e. The fourth-order valence-corrected chi connectivity index (χ4v) is 3.21. The normalized spacial score (nSPS) is 9.18. The molecule has 0 aromatic heterocycles. The third kappa shape index (κ3) is 8.92. The van der Waals surface area contributed by atoms with E-state index < -0.39 is 0 Å². The van der Waals surface area contributed by atoms with Crippen LogP contribution in [-0.2, 0) is 75.0 Å². The van der Waals surface area contributed by atoms with Crippen LogP contribution in [0.5, 0.6) is 11.5 Å². The quantitative estimate of drug-likeness (QED) is 0.323. The van der Waals surface area contributed by atoms with E-state index in [0.717, 1.165) is 32.7 Å². The Morgan fingerprint density at radius 2 is 1.12 bits per heavy atom. The zero-order chi connectivity index (χ0) is 23.3. The molecule has 172 valence electrons. The summed E-state index contributed by atoms with van der Waals surface area (Å²) in [6, 6.07) is 22.9. The van der Waals surface area contributed by atoms with Crippen molar-refractivity contribution in [2.75, 3.05) is 13.2 Å². The van der Waals surface area contributed by atoms with Crippen LogP contribution < -0.4 is 9.47 Å². The van der Waals surface area contributed by atoms with E-state index >= 15 is 0 Å². The molecule has 4 aromatic carbocycles. The summed E-state index contributed by atoms with van der Waals surface area (Å²) < 4.78 is 9.69. The minimum atomic E-state index is 0. The van der Waals surface area contributed by atoms with E-state index in [1.54, 1.807) is 32.0 Å². The maximum absolute atomic E-state index is 10.5. The number of hydrogen-bond acceptors (Lipinski definition) is 6. The van der Waals surface area contributed by atoms with Crippen molar-refractivity contribution in [1.82, 2.24) is 0 Å². The van der Waals surface area contributed by atoms with Gasteiger partial charge in [0.1, 0.15) is 0 Å². The van der Waals surface area contributed by atoms with Gasteiger partial charge in [0.15, 0.2) is 12.9 Å². The molecule has 0 saturated carbocycles. The Bertz CT molecular complexity index is 1180. The molecule has 0 amide bonds. The Labute approximate surface area is 249 Å². The first-order valence-electron chi connectivity index (χ1n) is 9.99. The van der Waals surface area contributed by atoms with Crippen molar-refractivity contribution in [3.63, 3.8) is 0 Å². The molecule has 4 aromatic rings. The first kappa shape index (κ1) is 32.5. The Balaban J connectivity index is 0.00000124. The predicted octanol–water partition coefficient (Wildman–Crippen LogP) is 4.54. The van der Waals surface area contributed by atoms with Gasteiger partial charge in [0.05, 0.1) is 0 Å². The van der Waals surface area contributed by atoms with Crippen LogP contribution in [0.4, 0.5) is 0 Å². The molecule has 0 fully saturated rings. The molecular formula is C26H24O6Y2-2. The largest absolute Gasteiger partial charge is 0.610 e. The molecule has 4 rings (SSSR count). The van der Waals surface area contributed by atoms with Crippen molar-refractivity contribution in [2.45, 2.75) is 13.8 Å². The van der Waals surface area contributed by atoms with Gasteiger partial charge in [0.25, 0.3) is 0 Å². The van der Waals surface area contributed by atoms with Crippen LogP contribution in [0.25, 0.3) is 32.7 Å². The van der Waals surface area contributed by atoms with E-state index in [1.807, 2.05) is 54.6 Å². The van der Waals surface area contributed by atoms with Gasteiger partial charge < -0.3 is 29.3 Å². The third-order valence-electron chi connectivity index (χ3n) is 4.31. The monoisotopic (exact) mass is 610 g/mol. The summed E-state index contributed by atoms with van der Waals surface area (Å²) in [6.45, 7) is 6.76. The molecular weight excluding hydrogens is 586 g/mol. The molecule has 0 aliphatic carbocycles. The van der Waals surface area contributed by atoms with Gasteiger partial charge in [-0.25, -0.2) is 0 Å². The predicted molar refractivity (Wildman–Crippen MR) is 125 cm³/mol. The maximum Gasteiger partial charge on any atom is 0.170 e. The summed E-state index contributed by atoms with van der Waals surface area (Å²) in [5.74, 6) is 0.886. The van der Waals surface area contributed by atoms with Crippen molar-refractivity contribution in [1.29, 1.82) is 0 Å². The Morgan fingerprint density at radius 1 is 0.647 bits per heavy atom. The number of ether oxygens (including phenoxy) is 2. The first-order valence-corrected chi connectivity index (χ1v) is 9.99. The molecule has 0 atom stereocenters. The molecule has 6 nitrogen and oxygen atoms in total. The van der Waals surface area contributed by atoms with Crippen LogP contribution >= 0.6 is 0 Å². The van der Waals surface area contributed by atoms with Gasteiger partial charge in [-0.2, -0.15) is 0 Å². The molecule has 2 N–H and O–H groups in total. The molecule has 0 saturated heterocycles. The summed E-state index contributed by atoms with van der Waals surface area (Å²) >= 11 is 0. The van der Waals surface area contributed by atoms with Gasteiger partial charge in [-0.1, -0.05) is 60.7 Å². The van der Waals surface area contributed by atoms with E-state index in [9.17, 15) is 9.59 Å². The fraction of sp³-hybridized carbons (Fsp3) is 0.154. The van der Waals surface area contributed by atoms with E-state index in [-0.39, 0.29) is 78.6 Å². The Morgan fingerprint density at radius 3 is 1.68 bits per heavy atom. The van der Waals surface area contributed by atoms with Crippen molar-refractivity contribution in [2.24, 2.45) is 0 Å². The number of aliphatic hydroxyl groups excluding tert-OH is 2. The molecule has 0 spiro atoms. The summed E-state index contributed by atoms with van der Waals surface area (Å²) in [5, 5.41) is 19.1. The van der Waals surface area contributed by atoms with Gasteiger partial charge in [0.2, 0.25) is 0 Å². The van der Waals surface area contributed by atoms with E-state index in [0.29, 0.717) is 11.5 Å². The number of benzene rings is 4. The molecule has 0 aliphatic heterocycles. The van der Waals surface area contributed by atoms with Crippen molar-refractivity contribution in [3.05, 3.63) is 72.8 Å². The summed E-state index contributed by atoms with van der Waals surface area (Å²) in [5.41, 5.74) is 2.04. The van der Waals surface area contributed by atoms with Gasteiger partial charge >= 0.3 is 0 Å². The summed E-state index contributed by atoms with van der Waals surface area (Å²) in [7, 11) is 0. The van der Waals surface area contributed by atoms with Crippen LogP contribution in [0.1, 0.15) is 13.8 Å². The van der Waals surface area contributed by atoms with Crippen LogP contribution in [0.3, 0.4) is 0 Å². The maximum atomic E-state index is 10.5. The number of carbonyl (C=O) groups excluding carboxylic acids is 2. The number of aliphatic hydroxyl groups is 2. The van der Waals surface area contributed by atoms with E-state index in [2.05, 4.69) is 0 Å². The second kappa shape index (κ2) is 17.8. The van der Waals surface area contributed by atoms with Crippen LogP contribution in [-0.4, -0.2) is 36.4 Å². The van der Waals surface area contributed by atoms with Crippen LogP contribution in [0, 0.1) is 0 Å². The van der Waals surface area contributed by atoms with Gasteiger partial charge in [-0.3, -0.25) is 0 Å². The number of hydrogen-bond donors (Lipinski definition) is 2. The second-order valence-electron chi connectivity index (χ2n) is 6.38. The van der Waals surface area contributed by atoms with Gasteiger partial charge in [0, 0.05) is 78.6 Å². The smallest absolute Gasteiger partial charge is 0.170 e. The Hall–Kier alpha value is -1.53. The molecule has 0 heterocycles. The Kier molecular flexibility index (Phi) is 17.0. The fourth-order valence-electron chi connectivity index (χ4n) is 3.21. The molecule has 2 radical (unpaired) electrons. The summed E-state index contributed by atoms with van der Waals surface area (Å²) in [4.78, 5) is 21.0. The van der Waals surface area contributed by atoms with E-state index in [4.69, 9.17) is 19.7 Å². The standard InChI is InChI=1S/C22H12O4.2C2H6O.2Y/c23-13-25-17-9-10-19-16(11-17)4-2-5-20(19)21-6-1-3-15-7-8-18(26-14-24)12-22(15)21;2*1-2-3;;/h1-12H;2*3H,2H2,1H3;;/q-2;;;;. The van der Waals surface area contributed by atoms with Crippen LogP contribution in [0.2, 0.25) is 0 Å². The zero-order valence-corrected chi connectivity index (χ0v) is 24.7.